The molecule has 0 spiro atoms. The van der Waals surface area contributed by atoms with Gasteiger partial charge < -0.3 is 19.7 Å². The number of methoxy groups -OCH3 is 2. The van der Waals surface area contributed by atoms with E-state index in [0.29, 0.717) is 40.4 Å². The lowest BCUT2D eigenvalue weighted by atomic mass is 10.0. The van der Waals surface area contributed by atoms with Crippen LogP contribution in [0.3, 0.4) is 0 Å². The first-order valence-electron chi connectivity index (χ1n) is 13.8. The number of carbonyl (C=O) groups is 1. The minimum atomic E-state index is -0.678. The van der Waals surface area contributed by atoms with Gasteiger partial charge >= 0.3 is 0 Å². The van der Waals surface area contributed by atoms with Gasteiger partial charge in [-0.05, 0) is 49.8 Å². The Morgan fingerprint density at radius 2 is 1.93 bits per heavy atom. The highest BCUT2D eigenvalue weighted by atomic mass is 35.5. The molecule has 2 aromatic carbocycles. The van der Waals surface area contributed by atoms with Crippen molar-refractivity contribution in [3.8, 4) is 11.5 Å². The van der Waals surface area contributed by atoms with E-state index in [4.69, 9.17) is 31.0 Å². The van der Waals surface area contributed by atoms with Crippen molar-refractivity contribution in [2.75, 3.05) is 25.7 Å². The Kier molecular flexibility index (Phi) is 7.61. The highest BCUT2D eigenvalue weighted by Gasteiger charge is 2.47. The summed E-state index contributed by atoms with van der Waals surface area (Å²) in [6.07, 6.45) is 4.12. The lowest BCUT2D eigenvalue weighted by molar-refractivity contribution is -0.123. The van der Waals surface area contributed by atoms with Crippen molar-refractivity contribution in [3.05, 3.63) is 75.8 Å². The van der Waals surface area contributed by atoms with Crippen LogP contribution in [0.1, 0.15) is 49.1 Å². The number of nitrogens with one attached hydrogen (secondary N) is 1. The van der Waals surface area contributed by atoms with E-state index < -0.39 is 4.87 Å². The number of carbonyl (C=O) groups excluding carboxylic acids is 1. The van der Waals surface area contributed by atoms with E-state index in [9.17, 15) is 9.59 Å². The smallest absolute Gasteiger partial charge is 0.281 e. The lowest BCUT2D eigenvalue weighted by Gasteiger charge is -2.34. The molecule has 1 aliphatic heterocycles. The second-order valence-corrected chi connectivity index (χ2v) is 12.2. The topological polar surface area (TPSA) is 98.6 Å². The van der Waals surface area contributed by atoms with E-state index in [-0.39, 0.29) is 29.6 Å². The number of thiazole rings is 1. The van der Waals surface area contributed by atoms with E-state index in [1.165, 1.54) is 11.3 Å². The summed E-state index contributed by atoms with van der Waals surface area (Å²) < 4.78 is 12.5. The molecule has 214 valence electrons. The molecule has 3 heterocycles. The minimum Gasteiger partial charge on any atom is -0.497 e. The molecule has 1 saturated carbocycles. The third kappa shape index (κ3) is 5.50. The molecule has 6 rings (SSSR count). The lowest BCUT2D eigenvalue weighted by Crippen LogP contribution is -2.49. The van der Waals surface area contributed by atoms with Crippen molar-refractivity contribution in [1.82, 2.24) is 19.9 Å². The molecule has 2 fully saturated rings. The molecule has 0 radical (unpaired) electrons. The Labute approximate surface area is 247 Å². The second kappa shape index (κ2) is 11.3. The summed E-state index contributed by atoms with van der Waals surface area (Å²) in [5, 5.41) is 3.72. The summed E-state index contributed by atoms with van der Waals surface area (Å²) in [7, 11) is 3.18. The molecular formula is C30H32ClN5O4S. The first-order chi connectivity index (χ1) is 19.9. The largest absolute Gasteiger partial charge is 0.497 e. The Bertz CT molecular complexity index is 1640. The third-order valence-corrected chi connectivity index (χ3v) is 9.32. The number of fused-ring (bicyclic) bond motifs is 1. The number of hydrogen-bond donors (Lipinski definition) is 1. The standard InChI is InChI=1S/C30H32ClN5O4S/c1-39-21-12-11-20(23(16-21)40-2)18-36-27(38)24-26(34-28(36)30(31)13-14-30)41-29(33-24)35-15-7-6-10-22(35)25(37)32-17-19-8-4-3-5-9-19/h3-5,8-9,11-12,16,22H,6-7,10,13-15,17-18H2,1-2H3,(H,32,37)/t22-/m1/s1. The molecule has 0 bridgehead atoms. The van der Waals surface area contributed by atoms with Gasteiger partial charge in [-0.25, -0.2) is 9.97 Å². The Hall–Kier alpha value is -3.63. The van der Waals surface area contributed by atoms with Crippen LogP contribution in [0.4, 0.5) is 5.13 Å². The summed E-state index contributed by atoms with van der Waals surface area (Å²) in [5.41, 5.74) is 1.89. The van der Waals surface area contributed by atoms with E-state index >= 15 is 0 Å². The zero-order chi connectivity index (χ0) is 28.6. The van der Waals surface area contributed by atoms with Crippen LogP contribution >= 0.6 is 22.9 Å². The molecule has 0 unspecified atom stereocenters. The molecular weight excluding hydrogens is 562 g/mol. The number of nitrogens with zero attached hydrogens (tertiary/aromatic N) is 4. The predicted octanol–water partition coefficient (Wildman–Crippen LogP) is 4.82. The number of piperidine rings is 1. The Morgan fingerprint density at radius 3 is 2.66 bits per heavy atom. The van der Waals surface area contributed by atoms with Gasteiger partial charge in [-0.2, -0.15) is 0 Å². The molecule has 41 heavy (non-hydrogen) atoms. The third-order valence-electron chi connectivity index (χ3n) is 7.78. The van der Waals surface area contributed by atoms with Crippen LogP contribution < -0.4 is 25.2 Å². The van der Waals surface area contributed by atoms with Crippen molar-refractivity contribution in [2.45, 2.75) is 56.1 Å². The van der Waals surface area contributed by atoms with Crippen LogP contribution in [0.25, 0.3) is 10.3 Å². The molecule has 1 amide bonds. The van der Waals surface area contributed by atoms with Crippen LogP contribution in [0, 0.1) is 0 Å². The molecule has 1 atom stereocenters. The molecule has 4 aromatic rings. The number of benzene rings is 2. The van der Waals surface area contributed by atoms with Crippen LogP contribution in [-0.4, -0.2) is 47.2 Å². The maximum absolute atomic E-state index is 14.0. The number of amides is 1. The minimum absolute atomic E-state index is 0.0387. The SMILES string of the molecule is COc1ccc(Cn2c(C3(Cl)CC3)nc3sc(N4CCCC[C@@H]4C(=O)NCc4ccccc4)nc3c2=O)c(OC)c1. The number of ether oxygens (including phenoxy) is 2. The molecule has 11 heteroatoms. The number of aromatic nitrogens is 3. The average Bonchev–Trinajstić information content (AvgIpc) is 3.61. The van der Waals surface area contributed by atoms with Crippen LogP contribution in [-0.2, 0) is 22.8 Å². The van der Waals surface area contributed by atoms with E-state index in [2.05, 4.69) is 5.32 Å². The predicted molar refractivity (Wildman–Crippen MR) is 160 cm³/mol. The average molecular weight is 594 g/mol. The summed E-state index contributed by atoms with van der Waals surface area (Å²) in [4.78, 5) is 38.8. The van der Waals surface area contributed by atoms with Crippen molar-refractivity contribution in [2.24, 2.45) is 0 Å². The first-order valence-corrected chi connectivity index (χ1v) is 15.0. The highest BCUT2D eigenvalue weighted by Crippen LogP contribution is 2.51. The van der Waals surface area contributed by atoms with Gasteiger partial charge in [-0.1, -0.05) is 41.7 Å². The first kappa shape index (κ1) is 27.5. The van der Waals surface area contributed by atoms with Gasteiger partial charge in [0.05, 0.1) is 20.8 Å². The fourth-order valence-electron chi connectivity index (χ4n) is 5.33. The maximum Gasteiger partial charge on any atom is 0.281 e. The van der Waals surface area contributed by atoms with Crippen molar-refractivity contribution < 1.29 is 14.3 Å². The van der Waals surface area contributed by atoms with E-state index in [1.54, 1.807) is 24.9 Å². The van der Waals surface area contributed by atoms with Gasteiger partial charge in [0.1, 0.15) is 28.2 Å². The van der Waals surface area contributed by atoms with Crippen molar-refractivity contribution in [1.29, 1.82) is 0 Å². The zero-order valence-electron chi connectivity index (χ0n) is 23.1. The molecule has 9 nitrogen and oxygen atoms in total. The summed E-state index contributed by atoms with van der Waals surface area (Å²) in [6, 6.07) is 15.0. The van der Waals surface area contributed by atoms with Crippen LogP contribution in [0.15, 0.2) is 53.3 Å². The molecule has 1 aliphatic carbocycles. The molecule has 2 aliphatic rings. The molecule has 1 saturated heterocycles. The van der Waals surface area contributed by atoms with Gasteiger partial charge in [-0.15, -0.1) is 11.6 Å². The van der Waals surface area contributed by atoms with Gasteiger partial charge in [0.2, 0.25) is 5.91 Å². The highest BCUT2D eigenvalue weighted by molar-refractivity contribution is 7.21. The summed E-state index contributed by atoms with van der Waals surface area (Å²) in [6.45, 7) is 1.39. The molecule has 1 N–H and O–H groups in total. The van der Waals surface area contributed by atoms with Crippen LogP contribution in [0.5, 0.6) is 11.5 Å². The Morgan fingerprint density at radius 1 is 1.12 bits per heavy atom. The number of alkyl halides is 1. The number of rotatable bonds is 9. The number of hydrogen-bond acceptors (Lipinski definition) is 8. The van der Waals surface area contributed by atoms with E-state index in [0.717, 1.165) is 43.2 Å². The normalized spacial score (nSPS) is 17.8. The fourth-order valence-corrected chi connectivity index (χ4v) is 6.58. The zero-order valence-corrected chi connectivity index (χ0v) is 24.6. The number of halogens is 1. The fraction of sp³-hybridized carbons (Fsp3) is 0.400. The van der Waals surface area contributed by atoms with Gasteiger partial charge in [-0.3, -0.25) is 14.2 Å². The van der Waals surface area contributed by atoms with Crippen molar-refractivity contribution in [3.63, 3.8) is 0 Å². The quantitative estimate of drug-likeness (QED) is 0.278. The summed E-state index contributed by atoms with van der Waals surface area (Å²) in [5.74, 6) is 1.78. The van der Waals surface area contributed by atoms with E-state index in [1.807, 2.05) is 47.4 Å². The van der Waals surface area contributed by atoms with Crippen molar-refractivity contribution >= 4 is 44.3 Å². The number of anilines is 1. The van der Waals surface area contributed by atoms with Gasteiger partial charge in [0.15, 0.2) is 15.5 Å². The second-order valence-electron chi connectivity index (χ2n) is 10.5. The molecule has 2 aromatic heterocycles. The monoisotopic (exact) mass is 593 g/mol. The maximum atomic E-state index is 14.0. The van der Waals surface area contributed by atoms with Crippen LogP contribution in [0.2, 0.25) is 0 Å². The Balaban J connectivity index is 1.34. The summed E-state index contributed by atoms with van der Waals surface area (Å²) >= 11 is 8.24. The van der Waals surface area contributed by atoms with Gasteiger partial charge in [0, 0.05) is 24.7 Å². The van der Waals surface area contributed by atoms with Gasteiger partial charge in [0.25, 0.3) is 5.56 Å².